The number of benzene rings is 1. The Bertz CT molecular complexity index is 468. The predicted molar refractivity (Wildman–Crippen MR) is 91.1 cm³/mol. The Hall–Kier alpha value is -2.37. The molecule has 0 aliphatic carbocycles. The van der Waals surface area contributed by atoms with Gasteiger partial charge in [-0.3, -0.25) is 14.4 Å². The molecule has 0 aromatic heterocycles. The Labute approximate surface area is 144 Å². The Kier molecular flexibility index (Phi) is 15.5. The maximum atomic E-state index is 10.4. The van der Waals surface area contributed by atoms with Crippen molar-refractivity contribution in [3.63, 3.8) is 0 Å². The summed E-state index contributed by atoms with van der Waals surface area (Å²) < 4.78 is 13.8. The first-order chi connectivity index (χ1) is 11.2. The van der Waals surface area contributed by atoms with Crippen molar-refractivity contribution in [2.45, 2.75) is 54.3 Å². The summed E-state index contributed by atoms with van der Waals surface area (Å²) in [4.78, 5) is 30.2. The van der Waals surface area contributed by atoms with Crippen molar-refractivity contribution in [3.05, 3.63) is 35.9 Å². The molecule has 0 N–H and O–H groups in total. The maximum absolute atomic E-state index is 10.4. The van der Waals surface area contributed by atoms with Crippen LogP contribution in [-0.4, -0.2) is 30.6 Å². The van der Waals surface area contributed by atoms with E-state index in [0.29, 0.717) is 13.2 Å². The lowest BCUT2D eigenvalue weighted by atomic mass is 10.2. The minimum Gasteiger partial charge on any atom is -0.466 e. The summed E-state index contributed by atoms with van der Waals surface area (Å²) in [7, 11) is 0. The number of rotatable bonds is 4. The maximum Gasteiger partial charge on any atom is 0.302 e. The Morgan fingerprint density at radius 1 is 0.875 bits per heavy atom. The van der Waals surface area contributed by atoms with Gasteiger partial charge in [-0.25, -0.2) is 0 Å². The fraction of sp³-hybridized carbons (Fsp3) is 0.500. The van der Waals surface area contributed by atoms with Crippen LogP contribution in [-0.2, 0) is 35.2 Å². The topological polar surface area (TPSA) is 78.9 Å². The second-order valence-electron chi connectivity index (χ2n) is 4.85. The third kappa shape index (κ3) is 21.9. The van der Waals surface area contributed by atoms with Crippen molar-refractivity contribution in [3.8, 4) is 0 Å². The largest absolute Gasteiger partial charge is 0.466 e. The molecule has 1 rings (SSSR count). The van der Waals surface area contributed by atoms with Gasteiger partial charge in [0, 0.05) is 20.8 Å². The van der Waals surface area contributed by atoms with Crippen molar-refractivity contribution in [1.82, 2.24) is 0 Å². The lowest BCUT2D eigenvalue weighted by Gasteiger charge is -2.01. The number of hydrogen-bond donors (Lipinski definition) is 0. The molecule has 1 aromatic carbocycles. The van der Waals surface area contributed by atoms with Crippen LogP contribution in [0.5, 0.6) is 0 Å². The molecule has 6 nitrogen and oxygen atoms in total. The van der Waals surface area contributed by atoms with E-state index in [1.54, 1.807) is 6.92 Å². The predicted octanol–water partition coefficient (Wildman–Crippen LogP) is 3.28. The molecule has 0 unspecified atom stereocenters. The first kappa shape index (κ1) is 23.9. The van der Waals surface area contributed by atoms with Crippen LogP contribution in [0.4, 0.5) is 0 Å². The Morgan fingerprint density at radius 2 is 1.38 bits per heavy atom. The van der Waals surface area contributed by atoms with Crippen molar-refractivity contribution in [2.24, 2.45) is 0 Å². The summed E-state index contributed by atoms with van der Waals surface area (Å²) in [5.74, 6) is -0.665. The number of esters is 3. The van der Waals surface area contributed by atoms with Gasteiger partial charge in [0.1, 0.15) is 6.61 Å². The zero-order valence-corrected chi connectivity index (χ0v) is 15.3. The van der Waals surface area contributed by atoms with Gasteiger partial charge >= 0.3 is 17.9 Å². The molecular weight excluding hydrogens is 312 g/mol. The molecule has 0 saturated carbocycles. The molecule has 0 amide bonds. The fourth-order valence-corrected chi connectivity index (χ4v) is 1.29. The molecule has 136 valence electrons. The van der Waals surface area contributed by atoms with Crippen LogP contribution in [0, 0.1) is 0 Å². The zero-order chi connectivity index (χ0) is 19.0. The highest BCUT2D eigenvalue weighted by atomic mass is 16.5. The van der Waals surface area contributed by atoms with Crippen LogP contribution in [0.25, 0.3) is 0 Å². The van der Waals surface area contributed by atoms with E-state index < -0.39 is 0 Å². The van der Waals surface area contributed by atoms with Crippen LogP contribution in [0.2, 0.25) is 0 Å². The van der Waals surface area contributed by atoms with Gasteiger partial charge in [0.05, 0.1) is 12.7 Å². The third-order valence-corrected chi connectivity index (χ3v) is 2.03. The summed E-state index contributed by atoms with van der Waals surface area (Å²) >= 11 is 0. The van der Waals surface area contributed by atoms with Gasteiger partial charge in [-0.2, -0.15) is 0 Å². The highest BCUT2D eigenvalue weighted by Crippen LogP contribution is 1.99. The van der Waals surface area contributed by atoms with E-state index in [-0.39, 0.29) is 24.0 Å². The van der Waals surface area contributed by atoms with E-state index in [4.69, 9.17) is 4.74 Å². The summed E-state index contributed by atoms with van der Waals surface area (Å²) in [6, 6.07) is 9.60. The van der Waals surface area contributed by atoms with Gasteiger partial charge in [0.25, 0.3) is 0 Å². The third-order valence-electron chi connectivity index (χ3n) is 2.03. The Balaban J connectivity index is 0. The molecule has 0 atom stereocenters. The molecule has 24 heavy (non-hydrogen) atoms. The number of carbonyl (C=O) groups excluding carboxylic acids is 3. The highest BCUT2D eigenvalue weighted by molar-refractivity contribution is 5.66. The average Bonchev–Trinajstić information content (AvgIpc) is 2.46. The van der Waals surface area contributed by atoms with Gasteiger partial charge in [0.15, 0.2) is 0 Å². The van der Waals surface area contributed by atoms with Gasteiger partial charge in [-0.05, 0) is 26.3 Å². The highest BCUT2D eigenvalue weighted by Gasteiger charge is 1.94. The molecule has 1 aromatic rings. The lowest BCUT2D eigenvalue weighted by Crippen LogP contribution is -2.06. The molecule has 0 spiro atoms. The number of carbonyl (C=O) groups is 3. The van der Waals surface area contributed by atoms with E-state index in [0.717, 1.165) is 5.56 Å². The van der Waals surface area contributed by atoms with E-state index in [2.05, 4.69) is 9.47 Å². The number of ether oxygens (including phenoxy) is 3. The van der Waals surface area contributed by atoms with E-state index in [1.807, 2.05) is 44.2 Å². The standard InChI is InChI=1S/C9H10O2.C5H10O2.C4H8O2/c1-8(10)11-7-9-5-3-2-4-6-9;1-4(2)7-5(3)6;1-3-6-4(2)5/h2-6H,7H2,1H3;4H,1-3H3;3H2,1-2H3. The first-order valence-electron chi connectivity index (χ1n) is 7.66. The zero-order valence-electron chi connectivity index (χ0n) is 15.3. The van der Waals surface area contributed by atoms with Gasteiger partial charge in [-0.15, -0.1) is 0 Å². The monoisotopic (exact) mass is 340 g/mol. The van der Waals surface area contributed by atoms with E-state index >= 15 is 0 Å². The molecule has 0 bridgehead atoms. The van der Waals surface area contributed by atoms with E-state index in [9.17, 15) is 14.4 Å². The normalized spacial score (nSPS) is 8.79. The SMILES string of the molecule is CC(=O)OC(C)C.CC(=O)OCc1ccccc1.CCOC(C)=O. The molecule has 6 heteroatoms. The van der Waals surface area contributed by atoms with Crippen molar-refractivity contribution >= 4 is 17.9 Å². The summed E-state index contributed by atoms with van der Waals surface area (Å²) in [5, 5.41) is 0. The van der Waals surface area contributed by atoms with Gasteiger partial charge < -0.3 is 14.2 Å². The summed E-state index contributed by atoms with van der Waals surface area (Å²) in [6.45, 7) is 10.5. The van der Waals surface area contributed by atoms with Gasteiger partial charge in [-0.1, -0.05) is 30.3 Å². The fourth-order valence-electron chi connectivity index (χ4n) is 1.29. The number of hydrogen-bond acceptors (Lipinski definition) is 6. The second-order valence-corrected chi connectivity index (χ2v) is 4.85. The lowest BCUT2D eigenvalue weighted by molar-refractivity contribution is -0.145. The molecule has 0 heterocycles. The summed E-state index contributed by atoms with van der Waals surface area (Å²) in [5.41, 5.74) is 1.02. The van der Waals surface area contributed by atoms with Crippen LogP contribution in [0.15, 0.2) is 30.3 Å². The second kappa shape index (κ2) is 15.5. The molecule has 0 aliphatic rings. The van der Waals surface area contributed by atoms with E-state index in [1.165, 1.54) is 20.8 Å². The van der Waals surface area contributed by atoms with Gasteiger partial charge in [0.2, 0.25) is 0 Å². The quantitative estimate of drug-likeness (QED) is 0.618. The minimum absolute atomic E-state index is 0.0255. The molecular formula is C18H28O6. The van der Waals surface area contributed by atoms with Crippen molar-refractivity contribution in [1.29, 1.82) is 0 Å². The molecule has 0 radical (unpaired) electrons. The smallest absolute Gasteiger partial charge is 0.302 e. The van der Waals surface area contributed by atoms with Crippen LogP contribution >= 0.6 is 0 Å². The van der Waals surface area contributed by atoms with Crippen LogP contribution < -0.4 is 0 Å². The van der Waals surface area contributed by atoms with Crippen LogP contribution in [0.1, 0.15) is 47.1 Å². The average molecular weight is 340 g/mol. The Morgan fingerprint density at radius 3 is 1.62 bits per heavy atom. The van der Waals surface area contributed by atoms with Crippen molar-refractivity contribution in [2.75, 3.05) is 6.61 Å². The minimum atomic E-state index is -0.242. The molecule has 0 aliphatic heterocycles. The van der Waals surface area contributed by atoms with Crippen molar-refractivity contribution < 1.29 is 28.6 Å². The summed E-state index contributed by atoms with van der Waals surface area (Å²) in [6.07, 6.45) is 0.0255. The first-order valence-corrected chi connectivity index (χ1v) is 7.66. The molecule has 0 fully saturated rings. The van der Waals surface area contributed by atoms with Crippen LogP contribution in [0.3, 0.4) is 0 Å². The molecule has 0 saturated heterocycles.